The molecule has 0 aliphatic heterocycles. The van der Waals surface area contributed by atoms with Crippen LogP contribution in [0.5, 0.6) is 0 Å². The zero-order chi connectivity index (χ0) is 14.5. The first kappa shape index (κ1) is 17.1. The maximum Gasteiger partial charge on any atom is 0.254 e. The summed E-state index contributed by atoms with van der Waals surface area (Å²) in [4.78, 5) is 11.9. The summed E-state index contributed by atoms with van der Waals surface area (Å²) < 4.78 is 6.80. The molecule has 0 radical (unpaired) electrons. The van der Waals surface area contributed by atoms with Gasteiger partial charge in [-0.2, -0.15) is 0 Å². The van der Waals surface area contributed by atoms with Crippen LogP contribution in [-0.4, -0.2) is 40.4 Å². The Morgan fingerprint density at radius 2 is 2.29 bits per heavy atom. The number of aryl methyl sites for hydroxylation is 1. The van der Waals surface area contributed by atoms with Crippen LogP contribution in [0.25, 0.3) is 11.4 Å². The number of carbonyl (C=O) groups is 1. The van der Waals surface area contributed by atoms with Crippen molar-refractivity contribution in [2.45, 2.75) is 6.10 Å². The number of aromatic nitrogens is 3. The molecule has 1 atom stereocenters. The van der Waals surface area contributed by atoms with Crippen LogP contribution in [0.3, 0.4) is 0 Å². The summed E-state index contributed by atoms with van der Waals surface area (Å²) >= 11 is 0. The zero-order valence-electron chi connectivity index (χ0n) is 11.8. The number of nitrogens with two attached hydrogens (primary N) is 1. The number of carbonyl (C=O) groups excluding carboxylic acids is 1. The quantitative estimate of drug-likeness (QED) is 0.852. The highest BCUT2D eigenvalue weighted by atomic mass is 35.5. The molecule has 7 nitrogen and oxygen atoms in total. The van der Waals surface area contributed by atoms with Gasteiger partial charge in [0.25, 0.3) is 5.91 Å². The molecular formula is C13H18ClN5O2. The van der Waals surface area contributed by atoms with E-state index in [1.807, 2.05) is 25.2 Å². The molecule has 0 saturated carbocycles. The van der Waals surface area contributed by atoms with Crippen molar-refractivity contribution in [2.75, 3.05) is 19.0 Å². The molecule has 1 aromatic carbocycles. The zero-order valence-corrected chi connectivity index (χ0v) is 12.6. The van der Waals surface area contributed by atoms with E-state index in [1.165, 1.54) is 7.11 Å². The molecule has 8 heteroatoms. The average molecular weight is 312 g/mol. The third-order valence-electron chi connectivity index (χ3n) is 2.89. The van der Waals surface area contributed by atoms with Gasteiger partial charge in [-0.1, -0.05) is 12.1 Å². The van der Waals surface area contributed by atoms with Crippen LogP contribution in [0.1, 0.15) is 0 Å². The van der Waals surface area contributed by atoms with Crippen molar-refractivity contribution in [3.05, 3.63) is 30.6 Å². The number of nitrogens with one attached hydrogen (secondary N) is 1. The molecule has 1 amide bonds. The first-order valence-electron chi connectivity index (χ1n) is 6.14. The molecule has 3 N–H and O–H groups in total. The van der Waals surface area contributed by atoms with Gasteiger partial charge < -0.3 is 20.4 Å². The SMILES string of the molecule is COC(CN)C(=O)Nc1cccc(-c2nncn2C)c1.Cl. The molecule has 1 aromatic heterocycles. The summed E-state index contributed by atoms with van der Waals surface area (Å²) in [5, 5.41) is 10.6. The van der Waals surface area contributed by atoms with Crippen molar-refractivity contribution < 1.29 is 9.53 Å². The monoisotopic (exact) mass is 311 g/mol. The minimum Gasteiger partial charge on any atom is -0.370 e. The summed E-state index contributed by atoms with van der Waals surface area (Å²) in [6, 6.07) is 7.35. The predicted molar refractivity (Wildman–Crippen MR) is 82.2 cm³/mol. The Bertz CT molecular complexity index is 598. The van der Waals surface area contributed by atoms with Crippen LogP contribution >= 0.6 is 12.4 Å². The second kappa shape index (κ2) is 7.72. The lowest BCUT2D eigenvalue weighted by Gasteiger charge is -2.13. The number of rotatable bonds is 5. The number of hydrogen-bond donors (Lipinski definition) is 2. The highest BCUT2D eigenvalue weighted by molar-refractivity contribution is 5.94. The molecule has 0 aliphatic rings. The number of amides is 1. The summed E-state index contributed by atoms with van der Waals surface area (Å²) in [5.41, 5.74) is 6.98. The van der Waals surface area contributed by atoms with Crippen LogP contribution in [-0.2, 0) is 16.6 Å². The number of methoxy groups -OCH3 is 1. The number of nitrogens with zero attached hydrogens (tertiary/aromatic N) is 3. The lowest BCUT2D eigenvalue weighted by molar-refractivity contribution is -0.125. The van der Waals surface area contributed by atoms with Gasteiger partial charge in [0.1, 0.15) is 12.4 Å². The van der Waals surface area contributed by atoms with Gasteiger partial charge >= 0.3 is 0 Å². The average Bonchev–Trinajstić information content (AvgIpc) is 2.86. The van der Waals surface area contributed by atoms with Gasteiger partial charge in [0.15, 0.2) is 5.82 Å². The normalized spacial score (nSPS) is 11.6. The molecule has 1 heterocycles. The fraction of sp³-hybridized carbons (Fsp3) is 0.308. The maximum atomic E-state index is 11.9. The number of halogens is 1. The minimum absolute atomic E-state index is 0. The largest absolute Gasteiger partial charge is 0.370 e. The van der Waals surface area contributed by atoms with Gasteiger partial charge in [0.2, 0.25) is 0 Å². The van der Waals surface area contributed by atoms with Gasteiger partial charge in [-0.25, -0.2) is 0 Å². The van der Waals surface area contributed by atoms with Crippen LogP contribution in [0.4, 0.5) is 5.69 Å². The summed E-state index contributed by atoms with van der Waals surface area (Å²) in [6.07, 6.45) is 0.962. The first-order chi connectivity index (χ1) is 9.65. The van der Waals surface area contributed by atoms with E-state index in [0.717, 1.165) is 11.4 Å². The fourth-order valence-electron chi connectivity index (χ4n) is 1.81. The maximum absolute atomic E-state index is 11.9. The van der Waals surface area contributed by atoms with Crippen molar-refractivity contribution in [3.63, 3.8) is 0 Å². The highest BCUT2D eigenvalue weighted by Gasteiger charge is 2.16. The molecule has 2 rings (SSSR count). The summed E-state index contributed by atoms with van der Waals surface area (Å²) in [7, 11) is 3.31. The molecule has 0 saturated heterocycles. The standard InChI is InChI=1S/C13H17N5O2.ClH/c1-18-8-15-17-12(18)9-4-3-5-10(6-9)16-13(19)11(7-14)20-2;/h3-6,8,11H,7,14H2,1-2H3,(H,16,19);1H. The van der Waals surface area contributed by atoms with Gasteiger partial charge in [0.05, 0.1) is 0 Å². The molecule has 0 fully saturated rings. The van der Waals surface area contributed by atoms with Crippen molar-refractivity contribution in [3.8, 4) is 11.4 Å². The van der Waals surface area contributed by atoms with Gasteiger partial charge in [-0.3, -0.25) is 4.79 Å². The molecule has 0 spiro atoms. The molecule has 0 aliphatic carbocycles. The van der Waals surface area contributed by atoms with E-state index in [9.17, 15) is 4.79 Å². The molecule has 0 bridgehead atoms. The van der Waals surface area contributed by atoms with E-state index in [2.05, 4.69) is 15.5 Å². The van der Waals surface area contributed by atoms with E-state index < -0.39 is 6.10 Å². The van der Waals surface area contributed by atoms with Gasteiger partial charge in [-0.15, -0.1) is 22.6 Å². The Labute approximate surface area is 128 Å². The van der Waals surface area contributed by atoms with Crippen LogP contribution in [0.2, 0.25) is 0 Å². The minimum atomic E-state index is -0.659. The van der Waals surface area contributed by atoms with E-state index in [1.54, 1.807) is 17.0 Å². The van der Waals surface area contributed by atoms with Crippen molar-refractivity contribution >= 4 is 24.0 Å². The van der Waals surface area contributed by atoms with Gasteiger partial charge in [0, 0.05) is 32.0 Å². The number of hydrogen-bond acceptors (Lipinski definition) is 5. The summed E-state index contributed by atoms with van der Waals surface area (Å²) in [5.74, 6) is 0.452. The lowest BCUT2D eigenvalue weighted by atomic mass is 10.2. The van der Waals surface area contributed by atoms with Crippen LogP contribution < -0.4 is 11.1 Å². The van der Waals surface area contributed by atoms with Crippen LogP contribution in [0, 0.1) is 0 Å². The number of ether oxygens (including phenoxy) is 1. The summed E-state index contributed by atoms with van der Waals surface area (Å²) in [6.45, 7) is 0.130. The lowest BCUT2D eigenvalue weighted by Crippen LogP contribution is -2.35. The Hall–Kier alpha value is -1.96. The molecule has 114 valence electrons. The fourth-order valence-corrected chi connectivity index (χ4v) is 1.81. The molecule has 21 heavy (non-hydrogen) atoms. The Morgan fingerprint density at radius 1 is 1.52 bits per heavy atom. The number of benzene rings is 1. The molecular weight excluding hydrogens is 294 g/mol. The first-order valence-corrected chi connectivity index (χ1v) is 6.14. The van der Waals surface area contributed by atoms with Crippen molar-refractivity contribution in [2.24, 2.45) is 12.8 Å². The van der Waals surface area contributed by atoms with E-state index in [4.69, 9.17) is 10.5 Å². The number of anilines is 1. The third-order valence-corrected chi connectivity index (χ3v) is 2.89. The Morgan fingerprint density at radius 3 is 2.86 bits per heavy atom. The molecule has 1 unspecified atom stereocenters. The van der Waals surface area contributed by atoms with Gasteiger partial charge in [-0.05, 0) is 12.1 Å². The van der Waals surface area contributed by atoms with E-state index >= 15 is 0 Å². The smallest absolute Gasteiger partial charge is 0.254 e. The topological polar surface area (TPSA) is 95.1 Å². The van der Waals surface area contributed by atoms with Crippen LogP contribution in [0.15, 0.2) is 30.6 Å². The van der Waals surface area contributed by atoms with E-state index in [-0.39, 0.29) is 24.9 Å². The Balaban J connectivity index is 0.00000220. The highest BCUT2D eigenvalue weighted by Crippen LogP contribution is 2.20. The molecule has 2 aromatic rings. The predicted octanol–water partition coefficient (Wildman–Crippen LogP) is 0.816. The van der Waals surface area contributed by atoms with Crippen molar-refractivity contribution in [1.82, 2.24) is 14.8 Å². The second-order valence-corrected chi connectivity index (χ2v) is 4.30. The second-order valence-electron chi connectivity index (χ2n) is 4.30. The van der Waals surface area contributed by atoms with Crippen molar-refractivity contribution in [1.29, 1.82) is 0 Å². The Kier molecular flexibility index (Phi) is 6.29. The third kappa shape index (κ3) is 4.01. The van der Waals surface area contributed by atoms with E-state index in [0.29, 0.717) is 5.69 Å².